The number of hydrogen-bond acceptors (Lipinski definition) is 2. The summed E-state index contributed by atoms with van der Waals surface area (Å²) in [6, 6.07) is 9.25. The van der Waals surface area contributed by atoms with Gasteiger partial charge in [-0.3, -0.25) is 9.59 Å². The van der Waals surface area contributed by atoms with Crippen molar-refractivity contribution in [2.75, 3.05) is 13.1 Å². The smallest absolute Gasteiger partial charge is 0.253 e. The molecule has 1 fully saturated rings. The zero-order valence-electron chi connectivity index (χ0n) is 10.8. The molecule has 1 saturated heterocycles. The van der Waals surface area contributed by atoms with Crippen LogP contribution in [0.4, 0.5) is 0 Å². The van der Waals surface area contributed by atoms with Gasteiger partial charge in [-0.25, -0.2) is 0 Å². The first-order valence-electron chi connectivity index (χ1n) is 6.48. The topological polar surface area (TPSA) is 49.4 Å². The summed E-state index contributed by atoms with van der Waals surface area (Å²) in [6.07, 6.45) is 3.07. The van der Waals surface area contributed by atoms with Crippen molar-refractivity contribution in [3.05, 3.63) is 48.6 Å². The van der Waals surface area contributed by atoms with Gasteiger partial charge in [-0.2, -0.15) is 0 Å². The molecule has 1 atom stereocenters. The average molecular weight is 258 g/mol. The van der Waals surface area contributed by atoms with E-state index < -0.39 is 0 Å². The predicted molar refractivity (Wildman–Crippen MR) is 73.7 cm³/mol. The van der Waals surface area contributed by atoms with Crippen LogP contribution >= 0.6 is 0 Å². The van der Waals surface area contributed by atoms with Crippen LogP contribution in [0.1, 0.15) is 23.2 Å². The Hall–Kier alpha value is -2.10. The normalized spacial score (nSPS) is 18.7. The largest absolute Gasteiger partial charge is 0.348 e. The molecule has 1 heterocycles. The van der Waals surface area contributed by atoms with E-state index in [4.69, 9.17) is 0 Å². The molecule has 0 aromatic heterocycles. The van der Waals surface area contributed by atoms with Gasteiger partial charge in [0.05, 0.1) is 0 Å². The molecule has 0 aliphatic carbocycles. The van der Waals surface area contributed by atoms with Crippen LogP contribution in [0, 0.1) is 0 Å². The Morgan fingerprint density at radius 2 is 2.05 bits per heavy atom. The van der Waals surface area contributed by atoms with Gasteiger partial charge in [0.25, 0.3) is 5.91 Å². The van der Waals surface area contributed by atoms with Crippen LogP contribution in [0.2, 0.25) is 0 Å². The second kappa shape index (κ2) is 6.18. The third-order valence-electron chi connectivity index (χ3n) is 3.26. The monoisotopic (exact) mass is 258 g/mol. The summed E-state index contributed by atoms with van der Waals surface area (Å²) in [5, 5.41) is 2.85. The van der Waals surface area contributed by atoms with Crippen LogP contribution in [0.5, 0.6) is 0 Å². The molecule has 1 aromatic carbocycles. The number of rotatable bonds is 3. The van der Waals surface area contributed by atoms with Crippen LogP contribution in [-0.4, -0.2) is 35.8 Å². The zero-order valence-corrected chi connectivity index (χ0v) is 10.8. The highest BCUT2D eigenvalue weighted by Crippen LogP contribution is 2.13. The van der Waals surface area contributed by atoms with Crippen LogP contribution in [0.15, 0.2) is 43.0 Å². The first-order valence-corrected chi connectivity index (χ1v) is 6.48. The van der Waals surface area contributed by atoms with E-state index in [0.29, 0.717) is 12.1 Å². The SMILES string of the molecule is C=CC(=O)NC1CCCN(C(=O)c2ccccc2)C1. The van der Waals surface area contributed by atoms with Gasteiger partial charge in [-0.15, -0.1) is 0 Å². The summed E-state index contributed by atoms with van der Waals surface area (Å²) in [7, 11) is 0. The Morgan fingerprint density at radius 1 is 1.32 bits per heavy atom. The highest BCUT2D eigenvalue weighted by Gasteiger charge is 2.24. The summed E-state index contributed by atoms with van der Waals surface area (Å²) >= 11 is 0. The fourth-order valence-corrected chi connectivity index (χ4v) is 2.30. The summed E-state index contributed by atoms with van der Waals surface area (Å²) < 4.78 is 0. The van der Waals surface area contributed by atoms with Crippen LogP contribution in [-0.2, 0) is 4.79 Å². The maximum Gasteiger partial charge on any atom is 0.253 e. The quantitative estimate of drug-likeness (QED) is 0.837. The molecule has 0 spiro atoms. The van der Waals surface area contributed by atoms with Crippen molar-refractivity contribution in [3.8, 4) is 0 Å². The van der Waals surface area contributed by atoms with Crippen molar-refractivity contribution >= 4 is 11.8 Å². The lowest BCUT2D eigenvalue weighted by molar-refractivity contribution is -0.117. The lowest BCUT2D eigenvalue weighted by Crippen LogP contribution is -2.49. The number of amides is 2. The summed E-state index contributed by atoms with van der Waals surface area (Å²) in [4.78, 5) is 25.4. The van der Waals surface area contributed by atoms with Crippen molar-refractivity contribution in [2.24, 2.45) is 0 Å². The molecule has 1 aliphatic heterocycles. The Labute approximate surface area is 113 Å². The van der Waals surface area contributed by atoms with E-state index in [-0.39, 0.29) is 17.9 Å². The van der Waals surface area contributed by atoms with Gasteiger partial charge < -0.3 is 10.2 Å². The van der Waals surface area contributed by atoms with Crippen molar-refractivity contribution in [1.82, 2.24) is 10.2 Å². The number of piperidine rings is 1. The Morgan fingerprint density at radius 3 is 2.74 bits per heavy atom. The zero-order chi connectivity index (χ0) is 13.7. The lowest BCUT2D eigenvalue weighted by Gasteiger charge is -2.33. The molecule has 4 nitrogen and oxygen atoms in total. The molecule has 1 N–H and O–H groups in total. The second-order valence-electron chi connectivity index (χ2n) is 4.67. The fraction of sp³-hybridized carbons (Fsp3) is 0.333. The minimum atomic E-state index is -0.181. The van der Waals surface area contributed by atoms with Gasteiger partial charge in [0, 0.05) is 24.7 Å². The number of likely N-dealkylation sites (tertiary alicyclic amines) is 1. The summed E-state index contributed by atoms with van der Waals surface area (Å²) in [5.41, 5.74) is 0.693. The second-order valence-corrected chi connectivity index (χ2v) is 4.67. The van der Waals surface area contributed by atoms with E-state index in [0.717, 1.165) is 19.4 Å². The minimum Gasteiger partial charge on any atom is -0.348 e. The van der Waals surface area contributed by atoms with E-state index in [1.54, 1.807) is 4.90 Å². The number of benzene rings is 1. The maximum atomic E-state index is 12.3. The lowest BCUT2D eigenvalue weighted by atomic mass is 10.0. The molecule has 0 saturated carbocycles. The fourth-order valence-electron chi connectivity index (χ4n) is 2.30. The van der Waals surface area contributed by atoms with Gasteiger partial charge in [-0.1, -0.05) is 24.8 Å². The molecule has 4 heteroatoms. The van der Waals surface area contributed by atoms with Crippen LogP contribution < -0.4 is 5.32 Å². The first-order chi connectivity index (χ1) is 9.20. The van der Waals surface area contributed by atoms with E-state index in [1.165, 1.54) is 6.08 Å². The van der Waals surface area contributed by atoms with Crippen LogP contribution in [0.3, 0.4) is 0 Å². The van der Waals surface area contributed by atoms with Crippen LogP contribution in [0.25, 0.3) is 0 Å². The molecule has 0 radical (unpaired) electrons. The van der Waals surface area contributed by atoms with Gasteiger partial charge in [0.15, 0.2) is 0 Å². The Kier molecular flexibility index (Phi) is 4.34. The number of carbonyl (C=O) groups is 2. The average Bonchev–Trinajstić information content (AvgIpc) is 2.47. The molecular formula is C15H18N2O2. The molecule has 1 aromatic rings. The molecule has 1 aliphatic rings. The van der Waals surface area contributed by atoms with Crippen molar-refractivity contribution in [1.29, 1.82) is 0 Å². The molecule has 19 heavy (non-hydrogen) atoms. The molecule has 0 bridgehead atoms. The number of nitrogens with one attached hydrogen (secondary N) is 1. The van der Waals surface area contributed by atoms with Crippen molar-refractivity contribution in [2.45, 2.75) is 18.9 Å². The molecule has 2 rings (SSSR count). The number of hydrogen-bond donors (Lipinski definition) is 1. The Balaban J connectivity index is 1.99. The molecule has 100 valence electrons. The minimum absolute atomic E-state index is 0.0203. The van der Waals surface area contributed by atoms with Gasteiger partial charge in [-0.05, 0) is 31.1 Å². The third kappa shape index (κ3) is 3.44. The summed E-state index contributed by atoms with van der Waals surface area (Å²) in [5.74, 6) is -0.155. The number of nitrogens with zero attached hydrogens (tertiary/aromatic N) is 1. The van der Waals surface area contributed by atoms with E-state index in [1.807, 2.05) is 30.3 Å². The van der Waals surface area contributed by atoms with Gasteiger partial charge in [0.2, 0.25) is 5.91 Å². The maximum absolute atomic E-state index is 12.3. The standard InChI is InChI=1S/C15H18N2O2/c1-2-14(18)16-13-9-6-10-17(11-13)15(19)12-7-4-3-5-8-12/h2-5,7-8,13H,1,6,9-11H2,(H,16,18). The highest BCUT2D eigenvalue weighted by molar-refractivity contribution is 5.94. The van der Waals surface area contributed by atoms with Gasteiger partial charge in [0.1, 0.15) is 0 Å². The van der Waals surface area contributed by atoms with E-state index in [2.05, 4.69) is 11.9 Å². The van der Waals surface area contributed by atoms with E-state index >= 15 is 0 Å². The number of carbonyl (C=O) groups excluding carboxylic acids is 2. The molecule has 1 unspecified atom stereocenters. The predicted octanol–water partition coefficient (Wildman–Crippen LogP) is 1.59. The van der Waals surface area contributed by atoms with Crippen molar-refractivity contribution < 1.29 is 9.59 Å². The Bertz CT molecular complexity index is 470. The van der Waals surface area contributed by atoms with E-state index in [9.17, 15) is 9.59 Å². The van der Waals surface area contributed by atoms with Gasteiger partial charge >= 0.3 is 0 Å². The van der Waals surface area contributed by atoms with Crippen molar-refractivity contribution in [3.63, 3.8) is 0 Å². The third-order valence-corrected chi connectivity index (χ3v) is 3.26. The molecular weight excluding hydrogens is 240 g/mol. The highest BCUT2D eigenvalue weighted by atomic mass is 16.2. The summed E-state index contributed by atoms with van der Waals surface area (Å²) in [6.45, 7) is 4.74. The first kappa shape index (κ1) is 13.3. The molecule has 2 amide bonds.